The topological polar surface area (TPSA) is 47.9 Å². The van der Waals surface area contributed by atoms with Crippen molar-refractivity contribution in [3.63, 3.8) is 0 Å². The van der Waals surface area contributed by atoms with Crippen molar-refractivity contribution in [3.05, 3.63) is 69.8 Å². The summed E-state index contributed by atoms with van der Waals surface area (Å²) in [6, 6.07) is 14.9. The van der Waals surface area contributed by atoms with E-state index in [0.29, 0.717) is 11.3 Å². The molecule has 3 rings (SSSR count). The van der Waals surface area contributed by atoms with E-state index in [2.05, 4.69) is 20.9 Å². The van der Waals surface area contributed by atoms with Crippen LogP contribution in [-0.2, 0) is 9.53 Å². The third kappa shape index (κ3) is 2.94. The molecular formula is C17H12BrNO3. The molecule has 22 heavy (non-hydrogen) atoms. The Kier molecular flexibility index (Phi) is 4.06. The standard InChI is InChI=1S/C17H12BrNO3/c1-21-15-5-3-2-4-13(15)16-19-14(17(20)22-16)10-11-6-8-12(18)9-7-11/h2-10H,1H3/b14-10-. The Balaban J connectivity index is 1.96. The number of hydrogen-bond donors (Lipinski definition) is 0. The summed E-state index contributed by atoms with van der Waals surface area (Å²) in [5.74, 6) is 0.397. The molecule has 1 aliphatic rings. The fourth-order valence-electron chi connectivity index (χ4n) is 2.06. The fourth-order valence-corrected chi connectivity index (χ4v) is 2.33. The second-order valence-corrected chi connectivity index (χ2v) is 5.50. The van der Waals surface area contributed by atoms with Crippen LogP contribution in [0, 0.1) is 0 Å². The summed E-state index contributed by atoms with van der Waals surface area (Å²) in [6.45, 7) is 0. The molecule has 0 aliphatic carbocycles. The van der Waals surface area contributed by atoms with Gasteiger partial charge in [-0.1, -0.05) is 40.2 Å². The van der Waals surface area contributed by atoms with E-state index in [1.54, 1.807) is 25.3 Å². The van der Waals surface area contributed by atoms with Crippen molar-refractivity contribution in [2.75, 3.05) is 7.11 Å². The van der Waals surface area contributed by atoms with Gasteiger partial charge in [0, 0.05) is 4.47 Å². The quantitative estimate of drug-likeness (QED) is 0.619. The van der Waals surface area contributed by atoms with Crippen LogP contribution in [0.2, 0.25) is 0 Å². The van der Waals surface area contributed by atoms with Crippen LogP contribution in [-0.4, -0.2) is 19.0 Å². The highest BCUT2D eigenvalue weighted by molar-refractivity contribution is 9.10. The number of nitrogens with zero attached hydrogens (tertiary/aromatic N) is 1. The minimum Gasteiger partial charge on any atom is -0.496 e. The lowest BCUT2D eigenvalue weighted by atomic mass is 10.2. The number of cyclic esters (lactones) is 1. The largest absolute Gasteiger partial charge is 0.496 e. The van der Waals surface area contributed by atoms with E-state index in [1.807, 2.05) is 36.4 Å². The van der Waals surface area contributed by atoms with Gasteiger partial charge in [-0.2, -0.15) is 0 Å². The van der Waals surface area contributed by atoms with Crippen molar-refractivity contribution < 1.29 is 14.3 Å². The minimum absolute atomic E-state index is 0.255. The average Bonchev–Trinajstić information content (AvgIpc) is 2.90. The molecule has 0 unspecified atom stereocenters. The van der Waals surface area contributed by atoms with Crippen molar-refractivity contribution in [1.29, 1.82) is 0 Å². The number of carbonyl (C=O) groups is 1. The molecule has 0 saturated carbocycles. The number of benzene rings is 2. The van der Waals surface area contributed by atoms with Gasteiger partial charge >= 0.3 is 5.97 Å². The molecule has 2 aromatic rings. The van der Waals surface area contributed by atoms with Crippen LogP contribution in [0.5, 0.6) is 5.75 Å². The van der Waals surface area contributed by atoms with Crippen molar-refractivity contribution in [3.8, 4) is 5.75 Å². The second kappa shape index (κ2) is 6.15. The van der Waals surface area contributed by atoms with E-state index in [1.165, 1.54) is 0 Å². The molecule has 1 heterocycles. The number of methoxy groups -OCH3 is 1. The van der Waals surface area contributed by atoms with Gasteiger partial charge in [-0.05, 0) is 35.9 Å². The monoisotopic (exact) mass is 357 g/mol. The summed E-state index contributed by atoms with van der Waals surface area (Å²) in [4.78, 5) is 16.3. The average molecular weight is 358 g/mol. The molecule has 0 fully saturated rings. The van der Waals surface area contributed by atoms with Crippen LogP contribution in [0.25, 0.3) is 6.08 Å². The SMILES string of the molecule is COc1ccccc1C1=N/C(=C\c2ccc(Br)cc2)C(=O)O1. The van der Waals surface area contributed by atoms with Gasteiger partial charge in [-0.25, -0.2) is 9.79 Å². The Morgan fingerprint density at radius 1 is 1.14 bits per heavy atom. The molecule has 4 nitrogen and oxygen atoms in total. The van der Waals surface area contributed by atoms with Gasteiger partial charge in [-0.15, -0.1) is 0 Å². The first-order valence-electron chi connectivity index (χ1n) is 6.59. The van der Waals surface area contributed by atoms with Crippen LogP contribution >= 0.6 is 15.9 Å². The van der Waals surface area contributed by atoms with Gasteiger partial charge in [0.25, 0.3) is 0 Å². The predicted molar refractivity (Wildman–Crippen MR) is 87.7 cm³/mol. The Hall–Kier alpha value is -2.40. The fraction of sp³-hybridized carbons (Fsp3) is 0.0588. The van der Waals surface area contributed by atoms with E-state index in [4.69, 9.17) is 9.47 Å². The Labute approximate surface area is 136 Å². The maximum atomic E-state index is 12.0. The molecule has 0 saturated heterocycles. The van der Waals surface area contributed by atoms with Crippen molar-refractivity contribution in [2.24, 2.45) is 4.99 Å². The van der Waals surface area contributed by atoms with Gasteiger partial charge in [-0.3, -0.25) is 0 Å². The minimum atomic E-state index is -0.469. The van der Waals surface area contributed by atoms with Crippen molar-refractivity contribution >= 4 is 33.9 Å². The number of para-hydroxylation sites is 1. The van der Waals surface area contributed by atoms with Gasteiger partial charge in [0.1, 0.15) is 5.75 Å². The van der Waals surface area contributed by atoms with Crippen LogP contribution in [0.4, 0.5) is 0 Å². The summed E-state index contributed by atoms with van der Waals surface area (Å²) in [6.07, 6.45) is 1.69. The summed E-state index contributed by atoms with van der Waals surface area (Å²) in [5, 5.41) is 0. The van der Waals surface area contributed by atoms with E-state index in [9.17, 15) is 4.79 Å². The Bertz CT molecular complexity index is 779. The lowest BCUT2D eigenvalue weighted by Crippen LogP contribution is -2.06. The van der Waals surface area contributed by atoms with Gasteiger partial charge in [0.2, 0.25) is 5.90 Å². The molecule has 5 heteroatoms. The zero-order valence-electron chi connectivity index (χ0n) is 11.7. The first-order chi connectivity index (χ1) is 10.7. The van der Waals surface area contributed by atoms with Gasteiger partial charge in [0.05, 0.1) is 12.7 Å². The van der Waals surface area contributed by atoms with Crippen LogP contribution in [0.3, 0.4) is 0 Å². The summed E-state index contributed by atoms with van der Waals surface area (Å²) in [7, 11) is 1.56. The number of hydrogen-bond acceptors (Lipinski definition) is 4. The Morgan fingerprint density at radius 2 is 1.86 bits per heavy atom. The van der Waals surface area contributed by atoms with E-state index < -0.39 is 5.97 Å². The third-order valence-electron chi connectivity index (χ3n) is 3.13. The predicted octanol–water partition coefficient (Wildman–Crippen LogP) is 3.80. The van der Waals surface area contributed by atoms with Crippen LogP contribution in [0.15, 0.2) is 63.7 Å². The highest BCUT2D eigenvalue weighted by Gasteiger charge is 2.25. The molecule has 110 valence electrons. The molecular weight excluding hydrogens is 346 g/mol. The molecule has 0 aromatic heterocycles. The normalized spacial score (nSPS) is 15.6. The van der Waals surface area contributed by atoms with E-state index in [-0.39, 0.29) is 11.6 Å². The first-order valence-corrected chi connectivity index (χ1v) is 7.38. The maximum Gasteiger partial charge on any atom is 0.363 e. The number of carbonyl (C=O) groups excluding carboxylic acids is 1. The smallest absolute Gasteiger partial charge is 0.363 e. The third-order valence-corrected chi connectivity index (χ3v) is 3.66. The lowest BCUT2D eigenvalue weighted by Gasteiger charge is -2.05. The summed E-state index contributed by atoms with van der Waals surface area (Å²) >= 11 is 3.37. The lowest BCUT2D eigenvalue weighted by molar-refractivity contribution is -0.129. The van der Waals surface area contributed by atoms with Crippen molar-refractivity contribution in [2.45, 2.75) is 0 Å². The molecule has 0 atom stereocenters. The number of halogens is 1. The molecule has 2 aromatic carbocycles. The second-order valence-electron chi connectivity index (χ2n) is 4.59. The molecule has 0 radical (unpaired) electrons. The van der Waals surface area contributed by atoms with Gasteiger partial charge in [0.15, 0.2) is 5.70 Å². The number of aliphatic imine (C=N–C) groups is 1. The molecule has 0 amide bonds. The highest BCUT2D eigenvalue weighted by Crippen LogP contribution is 2.25. The highest BCUT2D eigenvalue weighted by atomic mass is 79.9. The number of esters is 1. The number of rotatable bonds is 3. The zero-order valence-corrected chi connectivity index (χ0v) is 13.3. The summed E-state index contributed by atoms with van der Waals surface area (Å²) < 4.78 is 11.5. The molecule has 0 bridgehead atoms. The van der Waals surface area contributed by atoms with E-state index in [0.717, 1.165) is 10.0 Å². The van der Waals surface area contributed by atoms with E-state index >= 15 is 0 Å². The maximum absolute atomic E-state index is 12.0. The van der Waals surface area contributed by atoms with Crippen LogP contribution in [0.1, 0.15) is 11.1 Å². The Morgan fingerprint density at radius 3 is 2.59 bits per heavy atom. The first kappa shape index (κ1) is 14.5. The van der Waals surface area contributed by atoms with Crippen molar-refractivity contribution in [1.82, 2.24) is 0 Å². The zero-order chi connectivity index (χ0) is 15.5. The molecule has 1 aliphatic heterocycles. The molecule has 0 N–H and O–H groups in total. The van der Waals surface area contributed by atoms with Gasteiger partial charge < -0.3 is 9.47 Å². The summed E-state index contributed by atoms with van der Waals surface area (Å²) in [5.41, 5.74) is 1.79. The van der Waals surface area contributed by atoms with Crippen LogP contribution < -0.4 is 4.74 Å². The molecule has 0 spiro atoms. The number of ether oxygens (including phenoxy) is 2.